The third kappa shape index (κ3) is 2.35. The molecule has 0 fully saturated rings. The smallest absolute Gasteiger partial charge is 0.164 e. The standard InChI is InChI=1S/C22H19N3O2/c1-2-27-19-13-7-9-15(20(19)26)22-23-16-10-4-3-8-14(16)21-24-17-11-5-6-12-18(17)25(21)22/h3-13,22-23,26H,2H2,1H3. The normalized spacial score (nSPS) is 15.1. The van der Waals surface area contributed by atoms with Crippen molar-refractivity contribution < 1.29 is 9.84 Å². The van der Waals surface area contributed by atoms with Crippen LogP contribution in [0.15, 0.2) is 66.7 Å². The number of para-hydroxylation sites is 4. The number of nitrogens with zero attached hydrogens (tertiary/aromatic N) is 2. The van der Waals surface area contributed by atoms with Crippen LogP contribution in [-0.2, 0) is 0 Å². The van der Waals surface area contributed by atoms with Gasteiger partial charge in [-0.3, -0.25) is 4.57 Å². The van der Waals surface area contributed by atoms with Crippen molar-refractivity contribution in [3.8, 4) is 22.9 Å². The first-order valence-corrected chi connectivity index (χ1v) is 9.05. The average Bonchev–Trinajstić information content (AvgIpc) is 3.09. The van der Waals surface area contributed by atoms with Crippen LogP contribution in [0.1, 0.15) is 18.7 Å². The molecule has 0 spiro atoms. The first kappa shape index (κ1) is 15.8. The maximum atomic E-state index is 10.9. The van der Waals surface area contributed by atoms with Gasteiger partial charge in [0.1, 0.15) is 12.0 Å². The zero-order valence-corrected chi connectivity index (χ0v) is 14.9. The van der Waals surface area contributed by atoms with E-state index in [1.54, 1.807) is 6.07 Å². The minimum Gasteiger partial charge on any atom is -0.504 e. The molecule has 5 rings (SSSR count). The molecule has 1 aliphatic rings. The first-order chi connectivity index (χ1) is 13.3. The van der Waals surface area contributed by atoms with Gasteiger partial charge in [0.2, 0.25) is 0 Å². The lowest BCUT2D eigenvalue weighted by atomic mass is 10.0. The molecule has 0 aliphatic carbocycles. The molecule has 1 atom stereocenters. The van der Waals surface area contributed by atoms with Gasteiger partial charge in [-0.25, -0.2) is 4.98 Å². The number of aromatic hydroxyl groups is 1. The predicted octanol–water partition coefficient (Wildman–Crippen LogP) is 4.78. The number of hydrogen-bond donors (Lipinski definition) is 2. The zero-order valence-electron chi connectivity index (χ0n) is 14.9. The molecule has 0 saturated heterocycles. The summed E-state index contributed by atoms with van der Waals surface area (Å²) in [5.74, 6) is 1.53. The van der Waals surface area contributed by atoms with Crippen molar-refractivity contribution in [2.45, 2.75) is 13.1 Å². The molecule has 134 valence electrons. The van der Waals surface area contributed by atoms with E-state index in [2.05, 4.69) is 22.0 Å². The van der Waals surface area contributed by atoms with E-state index in [1.165, 1.54) is 0 Å². The van der Waals surface area contributed by atoms with E-state index in [9.17, 15) is 5.11 Å². The van der Waals surface area contributed by atoms with Crippen LogP contribution < -0.4 is 10.1 Å². The molecule has 0 radical (unpaired) electrons. The largest absolute Gasteiger partial charge is 0.504 e. The van der Waals surface area contributed by atoms with Gasteiger partial charge in [-0.15, -0.1) is 0 Å². The number of aromatic nitrogens is 2. The fraction of sp³-hybridized carbons (Fsp3) is 0.136. The summed E-state index contributed by atoms with van der Waals surface area (Å²) in [6.45, 7) is 2.40. The second-order valence-corrected chi connectivity index (χ2v) is 6.51. The lowest BCUT2D eigenvalue weighted by molar-refractivity contribution is 0.315. The Labute approximate surface area is 156 Å². The van der Waals surface area contributed by atoms with Crippen LogP contribution in [0.5, 0.6) is 11.5 Å². The fourth-order valence-electron chi connectivity index (χ4n) is 3.76. The van der Waals surface area contributed by atoms with Crippen LogP contribution in [0.3, 0.4) is 0 Å². The van der Waals surface area contributed by atoms with E-state index in [0.29, 0.717) is 12.4 Å². The SMILES string of the molecule is CCOc1cccc(C2Nc3ccccc3-c3nc4ccccc4n32)c1O. The van der Waals surface area contributed by atoms with Crippen molar-refractivity contribution in [2.24, 2.45) is 0 Å². The summed E-state index contributed by atoms with van der Waals surface area (Å²) >= 11 is 0. The zero-order chi connectivity index (χ0) is 18.4. The van der Waals surface area contributed by atoms with Crippen molar-refractivity contribution in [3.05, 3.63) is 72.3 Å². The Morgan fingerprint density at radius 1 is 1.04 bits per heavy atom. The van der Waals surface area contributed by atoms with Gasteiger partial charge in [0, 0.05) is 16.8 Å². The molecular formula is C22H19N3O2. The number of phenols is 1. The van der Waals surface area contributed by atoms with E-state index in [4.69, 9.17) is 9.72 Å². The Balaban J connectivity index is 1.78. The summed E-state index contributed by atoms with van der Waals surface area (Å²) in [5.41, 5.74) is 4.73. The number of hydrogen-bond acceptors (Lipinski definition) is 4. The number of ether oxygens (including phenoxy) is 1. The molecule has 5 heteroatoms. The highest BCUT2D eigenvalue weighted by Crippen LogP contribution is 2.44. The van der Waals surface area contributed by atoms with Gasteiger partial charge in [-0.1, -0.05) is 36.4 Å². The molecule has 5 nitrogen and oxygen atoms in total. The van der Waals surface area contributed by atoms with Gasteiger partial charge >= 0.3 is 0 Å². The third-order valence-electron chi connectivity index (χ3n) is 4.94. The number of anilines is 1. The molecule has 1 aromatic heterocycles. The summed E-state index contributed by atoms with van der Waals surface area (Å²) in [4.78, 5) is 4.87. The molecular weight excluding hydrogens is 338 g/mol. The second kappa shape index (κ2) is 6.06. The van der Waals surface area contributed by atoms with Gasteiger partial charge in [0.15, 0.2) is 11.5 Å². The molecule has 1 aliphatic heterocycles. The minimum absolute atomic E-state index is 0.153. The lowest BCUT2D eigenvalue weighted by Gasteiger charge is -2.31. The monoisotopic (exact) mass is 357 g/mol. The molecule has 0 saturated carbocycles. The number of benzene rings is 3. The van der Waals surface area contributed by atoms with Gasteiger partial charge in [0.05, 0.1) is 17.6 Å². The second-order valence-electron chi connectivity index (χ2n) is 6.51. The Bertz CT molecular complexity index is 1150. The molecule has 1 unspecified atom stereocenters. The van der Waals surface area contributed by atoms with Crippen LogP contribution in [0.4, 0.5) is 5.69 Å². The van der Waals surface area contributed by atoms with Crippen LogP contribution in [-0.4, -0.2) is 21.3 Å². The van der Waals surface area contributed by atoms with E-state index < -0.39 is 0 Å². The topological polar surface area (TPSA) is 59.3 Å². The number of phenolic OH excluding ortho intramolecular Hbond substituents is 1. The molecule has 2 heterocycles. The molecule has 2 N–H and O–H groups in total. The van der Waals surface area contributed by atoms with E-state index in [0.717, 1.165) is 33.7 Å². The van der Waals surface area contributed by atoms with Crippen molar-refractivity contribution >= 4 is 16.7 Å². The van der Waals surface area contributed by atoms with E-state index >= 15 is 0 Å². The molecule has 3 aromatic carbocycles. The van der Waals surface area contributed by atoms with Crippen LogP contribution >= 0.6 is 0 Å². The third-order valence-corrected chi connectivity index (χ3v) is 4.94. The van der Waals surface area contributed by atoms with Gasteiger partial charge < -0.3 is 15.2 Å². The predicted molar refractivity (Wildman–Crippen MR) is 106 cm³/mol. The van der Waals surface area contributed by atoms with Crippen molar-refractivity contribution in [2.75, 3.05) is 11.9 Å². The summed E-state index contributed by atoms with van der Waals surface area (Å²) in [6.07, 6.45) is -0.289. The molecule has 0 bridgehead atoms. The summed E-state index contributed by atoms with van der Waals surface area (Å²) < 4.78 is 7.73. The number of fused-ring (bicyclic) bond motifs is 5. The summed E-state index contributed by atoms with van der Waals surface area (Å²) in [5, 5.41) is 14.4. The highest BCUT2D eigenvalue weighted by molar-refractivity contribution is 5.87. The summed E-state index contributed by atoms with van der Waals surface area (Å²) in [6, 6.07) is 21.8. The van der Waals surface area contributed by atoms with Gasteiger partial charge in [0.25, 0.3) is 0 Å². The fourth-order valence-corrected chi connectivity index (χ4v) is 3.76. The lowest BCUT2D eigenvalue weighted by Crippen LogP contribution is -2.25. The van der Waals surface area contributed by atoms with Crippen LogP contribution in [0.25, 0.3) is 22.4 Å². The van der Waals surface area contributed by atoms with E-state index in [-0.39, 0.29) is 11.9 Å². The number of nitrogens with one attached hydrogen (secondary N) is 1. The van der Waals surface area contributed by atoms with Crippen LogP contribution in [0.2, 0.25) is 0 Å². The highest BCUT2D eigenvalue weighted by Gasteiger charge is 2.30. The quantitative estimate of drug-likeness (QED) is 0.554. The maximum Gasteiger partial charge on any atom is 0.164 e. The number of rotatable bonds is 3. The maximum absolute atomic E-state index is 10.9. The molecule has 0 amide bonds. The highest BCUT2D eigenvalue weighted by atomic mass is 16.5. The van der Waals surface area contributed by atoms with Gasteiger partial charge in [-0.05, 0) is 37.3 Å². The van der Waals surface area contributed by atoms with E-state index in [1.807, 2.05) is 55.5 Å². The van der Waals surface area contributed by atoms with Crippen LogP contribution in [0, 0.1) is 0 Å². The minimum atomic E-state index is -0.289. The summed E-state index contributed by atoms with van der Waals surface area (Å²) in [7, 11) is 0. The van der Waals surface area contributed by atoms with Crippen molar-refractivity contribution in [1.29, 1.82) is 0 Å². The number of imidazole rings is 1. The van der Waals surface area contributed by atoms with Crippen molar-refractivity contribution in [1.82, 2.24) is 9.55 Å². The Hall–Kier alpha value is -3.47. The van der Waals surface area contributed by atoms with Crippen molar-refractivity contribution in [3.63, 3.8) is 0 Å². The Morgan fingerprint density at radius 3 is 2.74 bits per heavy atom. The average molecular weight is 357 g/mol. The molecule has 27 heavy (non-hydrogen) atoms. The molecule has 4 aromatic rings. The Morgan fingerprint density at radius 2 is 1.85 bits per heavy atom. The van der Waals surface area contributed by atoms with Gasteiger partial charge in [-0.2, -0.15) is 0 Å². The Kier molecular flexibility index (Phi) is 3.53. The first-order valence-electron chi connectivity index (χ1n) is 9.05.